The number of thiazole rings is 1. The third-order valence-corrected chi connectivity index (χ3v) is 9.31. The highest BCUT2D eigenvalue weighted by molar-refractivity contribution is 7.92. The van der Waals surface area contributed by atoms with E-state index in [0.29, 0.717) is 22.2 Å². The van der Waals surface area contributed by atoms with Gasteiger partial charge in [-0.1, -0.05) is 60.1 Å². The van der Waals surface area contributed by atoms with E-state index in [1.165, 1.54) is 41.3 Å². The van der Waals surface area contributed by atoms with E-state index in [1.54, 1.807) is 42.9 Å². The summed E-state index contributed by atoms with van der Waals surface area (Å²) in [6.07, 6.45) is 0. The van der Waals surface area contributed by atoms with Gasteiger partial charge in [0.05, 0.1) is 32.6 Å². The van der Waals surface area contributed by atoms with Crippen LogP contribution in [0.2, 0.25) is 5.02 Å². The van der Waals surface area contributed by atoms with Gasteiger partial charge < -0.3 is 0 Å². The summed E-state index contributed by atoms with van der Waals surface area (Å²) in [6, 6.07) is 22.3. The molecule has 0 aliphatic rings. The smallest absolute Gasteiger partial charge is 0.296 e. The predicted molar refractivity (Wildman–Crippen MR) is 158 cm³/mol. The van der Waals surface area contributed by atoms with E-state index in [-0.39, 0.29) is 21.2 Å². The van der Waals surface area contributed by atoms with E-state index in [0.717, 1.165) is 9.87 Å². The Balaban J connectivity index is 1.45. The molecule has 9 nitrogen and oxygen atoms in total. The van der Waals surface area contributed by atoms with Crippen molar-refractivity contribution in [2.75, 3.05) is 16.7 Å². The molecular formula is C28H24ClN5O4S2. The second-order valence-electron chi connectivity index (χ2n) is 8.88. The van der Waals surface area contributed by atoms with Crippen LogP contribution in [0.15, 0.2) is 93.9 Å². The van der Waals surface area contributed by atoms with Crippen LogP contribution in [0.4, 0.5) is 10.8 Å². The van der Waals surface area contributed by atoms with Crippen LogP contribution in [-0.2, 0) is 17.1 Å². The molecule has 0 radical (unpaired) electrons. The molecule has 2 heterocycles. The van der Waals surface area contributed by atoms with Gasteiger partial charge in [0.15, 0.2) is 5.13 Å². The molecule has 2 aromatic heterocycles. The maximum Gasteiger partial charge on any atom is 0.296 e. The number of hydrogen-bond donors (Lipinski definition) is 1. The largest absolute Gasteiger partial charge is 0.298 e. The van der Waals surface area contributed by atoms with E-state index in [9.17, 15) is 18.0 Å². The second-order valence-corrected chi connectivity index (χ2v) is 12.1. The van der Waals surface area contributed by atoms with Gasteiger partial charge in [0, 0.05) is 25.0 Å². The minimum absolute atomic E-state index is 0.0106. The van der Waals surface area contributed by atoms with Crippen LogP contribution in [-0.4, -0.2) is 35.7 Å². The number of sulfonamides is 1. The summed E-state index contributed by atoms with van der Waals surface area (Å²) in [5, 5.41) is 4.92. The molecule has 1 N–H and O–H groups in total. The first-order valence-corrected chi connectivity index (χ1v) is 14.7. The molecule has 0 aliphatic carbocycles. The molecule has 0 saturated heterocycles. The van der Waals surface area contributed by atoms with Gasteiger partial charge in [-0.25, -0.2) is 18.1 Å². The van der Waals surface area contributed by atoms with Gasteiger partial charge in [0.2, 0.25) is 0 Å². The number of benzene rings is 3. The van der Waals surface area contributed by atoms with Crippen LogP contribution in [0.3, 0.4) is 0 Å². The number of nitrogens with zero attached hydrogens (tertiary/aromatic N) is 4. The minimum atomic E-state index is -4.25. The van der Waals surface area contributed by atoms with Gasteiger partial charge in [0.25, 0.3) is 21.5 Å². The Kier molecular flexibility index (Phi) is 7.37. The third kappa shape index (κ3) is 4.94. The number of halogens is 1. The van der Waals surface area contributed by atoms with Gasteiger partial charge in [-0.15, -0.1) is 11.3 Å². The number of carbonyl (C=O) groups is 1. The van der Waals surface area contributed by atoms with E-state index >= 15 is 0 Å². The van der Waals surface area contributed by atoms with Crippen LogP contribution in [0.1, 0.15) is 16.1 Å². The fourth-order valence-electron chi connectivity index (χ4n) is 4.27. The molecule has 0 aliphatic heterocycles. The Morgan fingerprint density at radius 3 is 2.35 bits per heavy atom. The number of rotatable bonds is 7. The van der Waals surface area contributed by atoms with Crippen molar-refractivity contribution in [2.45, 2.75) is 11.8 Å². The van der Waals surface area contributed by atoms with E-state index in [4.69, 9.17) is 11.6 Å². The Morgan fingerprint density at radius 2 is 1.68 bits per heavy atom. The van der Waals surface area contributed by atoms with Crippen molar-refractivity contribution in [1.82, 2.24) is 14.3 Å². The van der Waals surface area contributed by atoms with Crippen LogP contribution in [0, 0.1) is 6.92 Å². The first kappa shape index (κ1) is 27.4. The topological polar surface area (TPSA) is 106 Å². The quantitative estimate of drug-likeness (QED) is 0.274. The third-order valence-electron chi connectivity index (χ3n) is 6.47. The summed E-state index contributed by atoms with van der Waals surface area (Å²) in [5.74, 6) is -0.610. The molecule has 1 amide bonds. The summed E-state index contributed by atoms with van der Waals surface area (Å²) in [5.41, 5.74) is 2.09. The average molecular weight is 594 g/mol. The van der Waals surface area contributed by atoms with Gasteiger partial charge in [-0.05, 0) is 37.3 Å². The van der Waals surface area contributed by atoms with Crippen molar-refractivity contribution in [2.24, 2.45) is 7.05 Å². The van der Waals surface area contributed by atoms with Gasteiger partial charge in [-0.2, -0.15) is 0 Å². The van der Waals surface area contributed by atoms with Crippen molar-refractivity contribution in [3.8, 4) is 16.9 Å². The highest BCUT2D eigenvalue weighted by Crippen LogP contribution is 2.29. The van der Waals surface area contributed by atoms with Crippen molar-refractivity contribution in [3.05, 3.63) is 111 Å². The zero-order valence-electron chi connectivity index (χ0n) is 21.7. The summed E-state index contributed by atoms with van der Waals surface area (Å²) in [6.45, 7) is 1.67. The number of para-hydroxylation sites is 1. The molecule has 3 aromatic carbocycles. The second kappa shape index (κ2) is 10.8. The number of hydrogen-bond acceptors (Lipinski definition) is 6. The standard InChI is InChI=1S/C28H24ClN5O4S2/c1-18-25(27(36)34(32(18)2)20-12-8-5-9-13-20)33(3)40(37,38)21-14-15-23(29)22(16-21)26(35)31-28-30-24(17-39-28)19-10-6-4-7-11-19/h4-17H,1-3H3,(H,30,31,35). The lowest BCUT2D eigenvalue weighted by Gasteiger charge is -2.19. The van der Waals surface area contributed by atoms with E-state index < -0.39 is 21.5 Å². The molecule has 0 unspecified atom stereocenters. The molecule has 0 saturated carbocycles. The summed E-state index contributed by atoms with van der Waals surface area (Å²) < 4.78 is 31.3. The molecule has 5 rings (SSSR count). The first-order chi connectivity index (χ1) is 19.1. The monoisotopic (exact) mass is 593 g/mol. The lowest BCUT2D eigenvalue weighted by Crippen LogP contribution is -2.32. The van der Waals surface area contributed by atoms with Crippen molar-refractivity contribution in [1.29, 1.82) is 0 Å². The van der Waals surface area contributed by atoms with E-state index in [2.05, 4.69) is 10.3 Å². The highest BCUT2D eigenvalue weighted by Gasteiger charge is 2.30. The molecule has 0 fully saturated rings. The normalized spacial score (nSPS) is 11.4. The van der Waals surface area contributed by atoms with Crippen LogP contribution in [0.5, 0.6) is 0 Å². The number of anilines is 2. The van der Waals surface area contributed by atoms with Gasteiger partial charge in [0.1, 0.15) is 5.69 Å². The van der Waals surface area contributed by atoms with Gasteiger partial charge >= 0.3 is 0 Å². The van der Waals surface area contributed by atoms with Crippen molar-refractivity contribution < 1.29 is 13.2 Å². The summed E-state index contributed by atoms with van der Waals surface area (Å²) >= 11 is 7.54. The lowest BCUT2D eigenvalue weighted by molar-refractivity contribution is 0.102. The van der Waals surface area contributed by atoms with Crippen molar-refractivity contribution >= 4 is 49.7 Å². The molecule has 5 aromatic rings. The van der Waals surface area contributed by atoms with Crippen LogP contribution >= 0.6 is 22.9 Å². The number of nitrogens with one attached hydrogen (secondary N) is 1. The molecule has 0 spiro atoms. The maximum atomic E-state index is 13.7. The van der Waals surface area contributed by atoms with Crippen LogP contribution in [0.25, 0.3) is 16.9 Å². The van der Waals surface area contributed by atoms with Crippen LogP contribution < -0.4 is 15.2 Å². The number of carbonyl (C=O) groups excluding carboxylic acids is 1. The Morgan fingerprint density at radius 1 is 1.02 bits per heavy atom. The summed E-state index contributed by atoms with van der Waals surface area (Å²) in [7, 11) is -1.26. The molecule has 40 heavy (non-hydrogen) atoms. The number of amides is 1. The fraction of sp³-hybridized carbons (Fsp3) is 0.107. The Bertz CT molecular complexity index is 1880. The Hall–Kier alpha value is -4.19. The highest BCUT2D eigenvalue weighted by atomic mass is 35.5. The van der Waals surface area contributed by atoms with Crippen molar-refractivity contribution in [3.63, 3.8) is 0 Å². The fourth-order valence-corrected chi connectivity index (χ4v) is 6.46. The minimum Gasteiger partial charge on any atom is -0.298 e. The average Bonchev–Trinajstić information content (AvgIpc) is 3.50. The zero-order valence-corrected chi connectivity index (χ0v) is 24.1. The molecule has 204 valence electrons. The molecular weight excluding hydrogens is 570 g/mol. The lowest BCUT2D eigenvalue weighted by atomic mass is 10.2. The molecule has 12 heteroatoms. The van der Waals surface area contributed by atoms with Gasteiger partial charge in [-0.3, -0.25) is 23.9 Å². The number of aromatic nitrogens is 3. The Labute approximate surface area is 239 Å². The van der Waals surface area contributed by atoms with E-state index in [1.807, 2.05) is 41.8 Å². The zero-order chi connectivity index (χ0) is 28.6. The molecule has 0 atom stereocenters. The predicted octanol–water partition coefficient (Wildman–Crippen LogP) is 5.34. The molecule has 0 bridgehead atoms. The first-order valence-electron chi connectivity index (χ1n) is 12.0. The maximum absolute atomic E-state index is 13.7. The summed E-state index contributed by atoms with van der Waals surface area (Å²) in [4.78, 5) is 30.8. The SMILES string of the molecule is Cc1c(N(C)S(=O)(=O)c2ccc(Cl)c(C(=O)Nc3nc(-c4ccccc4)cs3)c2)c(=O)n(-c2ccccc2)n1C.